The van der Waals surface area contributed by atoms with Gasteiger partial charge in [-0.25, -0.2) is 27.2 Å². The van der Waals surface area contributed by atoms with Gasteiger partial charge in [0.15, 0.2) is 0 Å². The summed E-state index contributed by atoms with van der Waals surface area (Å²) in [7, 11) is 7.46. The number of carboxylic acids is 1. The average Bonchev–Trinajstić information content (AvgIpc) is 2.97. The number of aliphatic carboxylic acids is 1. The standard InChI is InChI=1S/C18H28F2N2O3.C16H24F2N2O3.CH4.Li.2H2O/c1-6-25-18(24)15(9-12(2)3)22-11-13(7-8-21(4)5)10-14(16(19)20)17(22)23;1-10(2)7-13(16(22)23)20-9-11(5-6-19(3)4)8-12(14(17)18)15(20)21;;;;/h10-12,15-16H,6-9H2,1-5H3;8-10,13-14H,5-7H2,1-4H3,(H,22,23);1H4;;2*1H2/q;;;+1;;/p-2. The largest absolute Gasteiger partial charge is 1.00 e. The van der Waals surface area contributed by atoms with Gasteiger partial charge in [0.05, 0.1) is 17.7 Å². The van der Waals surface area contributed by atoms with Crippen LogP contribution >= 0.6 is 0 Å². The molecule has 0 bridgehead atoms. The van der Waals surface area contributed by atoms with Crippen LogP contribution in [0.3, 0.4) is 0 Å². The summed E-state index contributed by atoms with van der Waals surface area (Å²) in [4.78, 5) is 52.4. The maximum atomic E-state index is 13.3. The van der Waals surface area contributed by atoms with Crippen LogP contribution in [0.15, 0.2) is 34.1 Å². The van der Waals surface area contributed by atoms with Gasteiger partial charge < -0.3 is 39.7 Å². The molecule has 0 amide bonds. The Balaban J connectivity index is -0.000000413. The molecule has 2 heterocycles. The van der Waals surface area contributed by atoms with Crippen molar-refractivity contribution in [2.45, 2.75) is 92.7 Å². The van der Waals surface area contributed by atoms with Crippen molar-refractivity contribution in [2.75, 3.05) is 47.9 Å². The number of alkyl halides is 4. The Morgan fingerprint density at radius 1 is 0.750 bits per heavy atom. The summed E-state index contributed by atoms with van der Waals surface area (Å²) in [5.74, 6) is -1.64. The van der Waals surface area contributed by atoms with Crippen LogP contribution in [0.5, 0.6) is 0 Å². The van der Waals surface area contributed by atoms with Gasteiger partial charge in [-0.05, 0) is 95.9 Å². The summed E-state index contributed by atoms with van der Waals surface area (Å²) >= 11 is 0. The summed E-state index contributed by atoms with van der Waals surface area (Å²) < 4.78 is 60.1. The second kappa shape index (κ2) is 26.7. The molecule has 0 aliphatic carbocycles. The number of hydrogen-bond donors (Lipinski definition) is 1. The predicted molar refractivity (Wildman–Crippen MR) is 188 cm³/mol. The molecule has 2 atom stereocenters. The first-order valence-electron chi connectivity index (χ1n) is 16.1. The molecular formula is C35H58F4LiN4O8-. The van der Waals surface area contributed by atoms with Crippen LogP contribution in [0.1, 0.15) is 102 Å². The second-order valence-electron chi connectivity index (χ2n) is 13.1. The maximum absolute atomic E-state index is 13.3. The van der Waals surface area contributed by atoms with Crippen LogP contribution in [0, 0.1) is 11.8 Å². The number of likely N-dealkylation sites (N-methyl/N-ethyl adjacent to an activating group) is 2. The fourth-order valence-corrected chi connectivity index (χ4v) is 4.91. The number of carbonyl (C=O) groups excluding carboxylic acids is 1. The van der Waals surface area contributed by atoms with Gasteiger partial charge in [-0.1, -0.05) is 35.1 Å². The number of ether oxygens (including phenoxy) is 1. The third-order valence-electron chi connectivity index (χ3n) is 7.32. The Morgan fingerprint density at radius 3 is 1.38 bits per heavy atom. The van der Waals surface area contributed by atoms with E-state index in [-0.39, 0.29) is 62.1 Å². The quantitative estimate of drug-likeness (QED) is 0.144. The maximum Gasteiger partial charge on any atom is 1.00 e. The van der Waals surface area contributed by atoms with Gasteiger partial charge >= 0.3 is 30.8 Å². The zero-order valence-corrected chi connectivity index (χ0v) is 31.4. The summed E-state index contributed by atoms with van der Waals surface area (Å²) in [5.41, 5.74) is -1.85. The van der Waals surface area contributed by atoms with E-state index in [2.05, 4.69) is 0 Å². The van der Waals surface area contributed by atoms with Crippen molar-refractivity contribution in [3.05, 3.63) is 67.5 Å². The third-order valence-corrected chi connectivity index (χ3v) is 7.32. The number of carbonyl (C=O) groups is 2. The molecule has 296 valence electrons. The minimum atomic E-state index is -2.93. The number of rotatable bonds is 17. The van der Waals surface area contributed by atoms with E-state index >= 15 is 0 Å². The van der Waals surface area contributed by atoms with E-state index in [4.69, 9.17) is 4.74 Å². The van der Waals surface area contributed by atoms with Gasteiger partial charge in [-0.15, -0.1) is 0 Å². The van der Waals surface area contributed by atoms with Crippen molar-refractivity contribution in [1.29, 1.82) is 0 Å². The molecule has 0 saturated heterocycles. The summed E-state index contributed by atoms with van der Waals surface area (Å²) in [6.45, 7) is 10.6. The molecule has 52 heavy (non-hydrogen) atoms. The molecule has 0 aromatic carbocycles. The SMILES string of the molecule is C.CC(C)CC(C(=O)O)n1cc(CCN(C)C)cc(C(F)F)c1=O.CCOC(=O)C(CC(C)C)n1cc(CCN(C)C)cc(C(F)F)c1=O.[Li+].[OH-].[OH-]. The van der Waals surface area contributed by atoms with E-state index in [1.54, 1.807) is 6.92 Å². The molecule has 2 aromatic heterocycles. The van der Waals surface area contributed by atoms with E-state index in [0.29, 0.717) is 43.5 Å². The van der Waals surface area contributed by atoms with E-state index in [9.17, 15) is 41.8 Å². The predicted octanol–water partition coefficient (Wildman–Crippen LogP) is 2.89. The van der Waals surface area contributed by atoms with Crippen molar-refractivity contribution >= 4 is 11.9 Å². The summed E-state index contributed by atoms with van der Waals surface area (Å²) in [6.07, 6.45) is -1.39. The number of pyridine rings is 2. The zero-order valence-electron chi connectivity index (χ0n) is 31.4. The molecule has 17 heteroatoms. The Kier molecular flexibility index (Phi) is 28.6. The molecule has 2 rings (SSSR count). The van der Waals surface area contributed by atoms with Crippen LogP contribution < -0.4 is 30.0 Å². The van der Waals surface area contributed by atoms with Crippen LogP contribution in [-0.2, 0) is 27.2 Å². The molecular weight excluding hydrogens is 687 g/mol. The van der Waals surface area contributed by atoms with Crippen LogP contribution in [0.25, 0.3) is 0 Å². The van der Waals surface area contributed by atoms with Gasteiger partial charge in [0.25, 0.3) is 24.0 Å². The minimum absolute atomic E-state index is 0. The van der Waals surface area contributed by atoms with Crippen molar-refractivity contribution in [1.82, 2.24) is 18.9 Å². The van der Waals surface area contributed by atoms with Gasteiger partial charge in [0, 0.05) is 25.5 Å². The fourth-order valence-electron chi connectivity index (χ4n) is 4.91. The molecule has 3 N–H and O–H groups in total. The van der Waals surface area contributed by atoms with Crippen LogP contribution in [0.4, 0.5) is 17.6 Å². The van der Waals surface area contributed by atoms with Crippen molar-refractivity contribution < 1.29 is 66.8 Å². The number of nitrogens with zero attached hydrogens (tertiary/aromatic N) is 4. The Bertz CT molecular complexity index is 1450. The molecule has 0 radical (unpaired) electrons. The first kappa shape index (κ1) is 55.7. The molecule has 12 nitrogen and oxygen atoms in total. The first-order valence-corrected chi connectivity index (χ1v) is 16.1. The smallest absolute Gasteiger partial charge is 0.870 e. The average molecular weight is 746 g/mol. The summed E-state index contributed by atoms with van der Waals surface area (Å²) in [6, 6.07) is 0.384. The minimum Gasteiger partial charge on any atom is -0.870 e. The molecule has 0 aliphatic rings. The Hall–Kier alpha value is -3.00. The third kappa shape index (κ3) is 18.2. The van der Waals surface area contributed by atoms with Crippen molar-refractivity contribution in [3.63, 3.8) is 0 Å². The monoisotopic (exact) mass is 745 g/mol. The summed E-state index contributed by atoms with van der Waals surface area (Å²) in [5, 5.41) is 9.38. The molecule has 0 aliphatic heterocycles. The van der Waals surface area contributed by atoms with E-state index in [0.717, 1.165) is 9.13 Å². The van der Waals surface area contributed by atoms with E-state index in [1.807, 2.05) is 65.7 Å². The van der Waals surface area contributed by atoms with Gasteiger partial charge in [0.1, 0.15) is 12.1 Å². The number of esters is 1. The number of halogens is 4. The van der Waals surface area contributed by atoms with Crippen molar-refractivity contribution in [3.8, 4) is 0 Å². The van der Waals surface area contributed by atoms with Crippen LogP contribution in [0.2, 0.25) is 0 Å². The van der Waals surface area contributed by atoms with E-state index < -0.39 is 59.1 Å². The zero-order chi connectivity index (χ0) is 36.9. The Labute approximate surface area is 316 Å². The topological polar surface area (TPSA) is 174 Å². The van der Waals surface area contributed by atoms with Gasteiger partial charge in [-0.2, -0.15) is 0 Å². The normalized spacial score (nSPS) is 12.0. The molecule has 2 aromatic rings. The van der Waals surface area contributed by atoms with E-state index in [1.165, 1.54) is 24.5 Å². The van der Waals surface area contributed by atoms with Gasteiger partial charge in [0.2, 0.25) is 0 Å². The molecule has 0 saturated carbocycles. The first-order chi connectivity index (χ1) is 22.3. The Morgan fingerprint density at radius 2 is 1.10 bits per heavy atom. The number of aromatic nitrogens is 2. The van der Waals surface area contributed by atoms with Crippen LogP contribution in [-0.4, -0.2) is 94.8 Å². The van der Waals surface area contributed by atoms with Crippen molar-refractivity contribution in [2.24, 2.45) is 11.8 Å². The van der Waals surface area contributed by atoms with Gasteiger partial charge in [-0.3, -0.25) is 9.59 Å². The number of carboxylic acid groups (broad SMARTS) is 1. The fraction of sp³-hybridized carbons (Fsp3) is 0.657. The number of hydrogen-bond acceptors (Lipinski definition) is 9. The second-order valence-corrected chi connectivity index (χ2v) is 13.1. The molecule has 2 unspecified atom stereocenters. The molecule has 0 fully saturated rings. The molecule has 0 spiro atoms.